The van der Waals surface area contributed by atoms with Gasteiger partial charge in [-0.2, -0.15) is 13.8 Å². The average Bonchev–Trinajstić information content (AvgIpc) is 3.25. The number of ether oxygens (including phenoxy) is 2. The second-order valence-electron chi connectivity index (χ2n) is 6.17. The predicted octanol–water partition coefficient (Wildman–Crippen LogP) is 4.39. The van der Waals surface area contributed by atoms with Crippen LogP contribution in [0.2, 0.25) is 0 Å². The van der Waals surface area contributed by atoms with Crippen LogP contribution in [0.4, 0.5) is 8.78 Å². The Labute approximate surface area is 162 Å². The Morgan fingerprint density at radius 3 is 2.67 bits per heavy atom. The van der Waals surface area contributed by atoms with Crippen LogP contribution in [0.3, 0.4) is 0 Å². The zero-order valence-corrected chi connectivity index (χ0v) is 15.7. The molecule has 0 saturated heterocycles. The highest BCUT2D eigenvalue weighted by molar-refractivity contribution is 5.85. The third-order valence-electron chi connectivity index (χ3n) is 4.28. The molecule has 0 spiro atoms. The monoisotopic (exact) mass is 401 g/mol. The topological polar surface area (TPSA) is 83.4 Å². The molecule has 3 rings (SSSR count). The van der Waals surface area contributed by atoms with Crippen molar-refractivity contribution < 1.29 is 22.8 Å². The summed E-state index contributed by atoms with van der Waals surface area (Å²) in [5, 5.41) is 3.99. The van der Waals surface area contributed by atoms with Gasteiger partial charge in [0.1, 0.15) is 0 Å². The first-order valence-electron chi connectivity index (χ1n) is 8.53. The Morgan fingerprint density at radius 1 is 1.26 bits per heavy atom. The third-order valence-corrected chi connectivity index (χ3v) is 4.28. The van der Waals surface area contributed by atoms with Crippen molar-refractivity contribution >= 4 is 24.6 Å². The Bertz CT molecular complexity index is 777. The molecule has 148 valence electrons. The molecule has 27 heavy (non-hydrogen) atoms. The summed E-state index contributed by atoms with van der Waals surface area (Å²) in [4.78, 5) is 4.35. The smallest absolute Gasteiger partial charge is 0.387 e. The van der Waals surface area contributed by atoms with Crippen molar-refractivity contribution in [1.82, 2.24) is 10.1 Å². The number of aromatic nitrogens is 2. The van der Waals surface area contributed by atoms with Gasteiger partial charge in [0.25, 0.3) is 5.89 Å². The van der Waals surface area contributed by atoms with E-state index in [9.17, 15) is 8.78 Å². The van der Waals surface area contributed by atoms with Crippen molar-refractivity contribution in [3.63, 3.8) is 0 Å². The molecule has 0 bridgehead atoms. The van der Waals surface area contributed by atoms with E-state index < -0.39 is 12.2 Å². The van der Waals surface area contributed by atoms with E-state index in [-0.39, 0.29) is 23.9 Å². The van der Waals surface area contributed by atoms with Crippen molar-refractivity contribution in [3.8, 4) is 11.5 Å². The lowest BCUT2D eigenvalue weighted by atomic mass is 9.99. The van der Waals surface area contributed by atoms with Crippen LogP contribution in [0.1, 0.15) is 49.9 Å². The molecule has 1 aromatic heterocycles. The fourth-order valence-corrected chi connectivity index (χ4v) is 2.99. The standard InChI is InChI=1S/C18H21F2N3O3.ClH/c1-2-24-14-11-12(5-7-13(14)25-17(19)20)6-8-15-22-16(23-26-15)18(21)9-3-4-10-18;/h5-8,11,17H,2-4,9-10,21H2,1H3;1H/b8-6+;. The Balaban J connectivity index is 0.00000261. The lowest BCUT2D eigenvalue weighted by Crippen LogP contribution is -2.34. The molecule has 0 aliphatic heterocycles. The first kappa shape index (κ1) is 21.1. The lowest BCUT2D eigenvalue weighted by molar-refractivity contribution is -0.0514. The number of benzene rings is 1. The SMILES string of the molecule is CCOc1cc(/C=C/c2nc(C3(N)CCCC3)no2)ccc1OC(F)F.Cl. The minimum Gasteiger partial charge on any atom is -0.490 e. The van der Waals surface area contributed by atoms with Gasteiger partial charge in [-0.15, -0.1) is 12.4 Å². The molecule has 1 aliphatic carbocycles. The van der Waals surface area contributed by atoms with E-state index in [0.717, 1.165) is 31.2 Å². The number of hydrogen-bond donors (Lipinski definition) is 1. The second kappa shape index (κ2) is 9.14. The van der Waals surface area contributed by atoms with Gasteiger partial charge in [-0.05, 0) is 43.5 Å². The van der Waals surface area contributed by atoms with E-state index in [1.807, 2.05) is 0 Å². The van der Waals surface area contributed by atoms with Crippen LogP contribution in [0, 0.1) is 0 Å². The molecule has 6 nitrogen and oxygen atoms in total. The van der Waals surface area contributed by atoms with E-state index in [2.05, 4.69) is 14.9 Å². The molecule has 9 heteroatoms. The molecule has 0 amide bonds. The summed E-state index contributed by atoms with van der Waals surface area (Å²) < 4.78 is 39.9. The maximum absolute atomic E-state index is 12.4. The average molecular weight is 402 g/mol. The van der Waals surface area contributed by atoms with Crippen LogP contribution >= 0.6 is 12.4 Å². The van der Waals surface area contributed by atoms with E-state index >= 15 is 0 Å². The summed E-state index contributed by atoms with van der Waals surface area (Å²) in [5.74, 6) is 1.09. The fraction of sp³-hybridized carbons (Fsp3) is 0.444. The van der Waals surface area contributed by atoms with E-state index in [4.69, 9.17) is 15.0 Å². The lowest BCUT2D eigenvalue weighted by Gasteiger charge is -2.17. The van der Waals surface area contributed by atoms with Gasteiger partial charge in [0.2, 0.25) is 0 Å². The van der Waals surface area contributed by atoms with Gasteiger partial charge in [0.15, 0.2) is 17.3 Å². The molecule has 1 heterocycles. The summed E-state index contributed by atoms with van der Waals surface area (Å²) in [6.07, 6.45) is 7.18. The van der Waals surface area contributed by atoms with Crippen LogP contribution in [0.5, 0.6) is 11.5 Å². The number of nitrogens with zero attached hydrogens (tertiary/aromatic N) is 2. The van der Waals surface area contributed by atoms with Gasteiger partial charge < -0.3 is 19.7 Å². The summed E-state index contributed by atoms with van der Waals surface area (Å²) in [6, 6.07) is 4.68. The maximum Gasteiger partial charge on any atom is 0.387 e. The van der Waals surface area contributed by atoms with Crippen molar-refractivity contribution in [2.75, 3.05) is 6.61 Å². The predicted molar refractivity (Wildman–Crippen MR) is 99.1 cm³/mol. The van der Waals surface area contributed by atoms with Gasteiger partial charge in [0, 0.05) is 6.08 Å². The van der Waals surface area contributed by atoms with Gasteiger partial charge in [-0.25, -0.2) is 0 Å². The van der Waals surface area contributed by atoms with Crippen molar-refractivity contribution in [2.24, 2.45) is 5.73 Å². The van der Waals surface area contributed by atoms with Crippen LogP contribution in [0.25, 0.3) is 12.2 Å². The van der Waals surface area contributed by atoms with Crippen molar-refractivity contribution in [1.29, 1.82) is 0 Å². The molecule has 2 N–H and O–H groups in total. The van der Waals surface area contributed by atoms with E-state index in [1.165, 1.54) is 6.07 Å². The normalized spacial score (nSPS) is 15.9. The number of hydrogen-bond acceptors (Lipinski definition) is 6. The van der Waals surface area contributed by atoms with Crippen LogP contribution < -0.4 is 15.2 Å². The molecule has 0 atom stereocenters. The minimum atomic E-state index is -2.91. The van der Waals surface area contributed by atoms with Crippen LogP contribution in [-0.4, -0.2) is 23.4 Å². The van der Waals surface area contributed by atoms with Gasteiger partial charge in [0.05, 0.1) is 12.1 Å². The highest BCUT2D eigenvalue weighted by Crippen LogP contribution is 2.35. The van der Waals surface area contributed by atoms with Gasteiger partial charge >= 0.3 is 6.61 Å². The number of halogens is 3. The van der Waals surface area contributed by atoms with Crippen LogP contribution in [0.15, 0.2) is 22.7 Å². The molecule has 1 saturated carbocycles. The molecule has 2 aromatic rings. The van der Waals surface area contributed by atoms with E-state index in [0.29, 0.717) is 18.3 Å². The summed E-state index contributed by atoms with van der Waals surface area (Å²) in [6.45, 7) is -0.815. The molecule has 0 radical (unpaired) electrons. The summed E-state index contributed by atoms with van der Waals surface area (Å²) >= 11 is 0. The molecular weight excluding hydrogens is 380 g/mol. The summed E-state index contributed by atoms with van der Waals surface area (Å²) in [7, 11) is 0. The largest absolute Gasteiger partial charge is 0.490 e. The first-order chi connectivity index (χ1) is 12.5. The highest BCUT2D eigenvalue weighted by Gasteiger charge is 2.35. The molecule has 0 unspecified atom stereocenters. The molecule has 1 aliphatic rings. The minimum absolute atomic E-state index is 0. The highest BCUT2D eigenvalue weighted by atomic mass is 35.5. The molecule has 1 aromatic carbocycles. The molecule has 1 fully saturated rings. The Morgan fingerprint density at radius 2 is 2.00 bits per heavy atom. The van der Waals surface area contributed by atoms with E-state index in [1.54, 1.807) is 31.2 Å². The zero-order valence-electron chi connectivity index (χ0n) is 14.9. The maximum atomic E-state index is 12.4. The molecular formula is C18H22ClF2N3O3. The number of rotatable bonds is 7. The quantitative estimate of drug-likeness (QED) is 0.740. The van der Waals surface area contributed by atoms with Crippen molar-refractivity contribution in [3.05, 3.63) is 35.5 Å². The Hall–Kier alpha value is -2.19. The number of alkyl halides is 2. The zero-order chi connectivity index (χ0) is 18.6. The van der Waals surface area contributed by atoms with Crippen molar-refractivity contribution in [2.45, 2.75) is 44.8 Å². The van der Waals surface area contributed by atoms with Gasteiger partial charge in [-0.1, -0.05) is 24.1 Å². The first-order valence-corrected chi connectivity index (χ1v) is 8.53. The Kier molecular flexibility index (Phi) is 7.15. The van der Waals surface area contributed by atoms with Crippen LogP contribution in [-0.2, 0) is 5.54 Å². The fourth-order valence-electron chi connectivity index (χ4n) is 2.99. The second-order valence-corrected chi connectivity index (χ2v) is 6.17. The number of nitrogens with two attached hydrogens (primary N) is 1. The summed E-state index contributed by atoms with van der Waals surface area (Å²) in [5.41, 5.74) is 6.52. The van der Waals surface area contributed by atoms with Gasteiger partial charge in [-0.3, -0.25) is 0 Å². The third kappa shape index (κ3) is 5.17.